The highest BCUT2D eigenvalue weighted by atomic mass is 32.1. The number of fused-ring (bicyclic) bond motifs is 1. The normalized spacial score (nSPS) is 12.1. The van der Waals surface area contributed by atoms with Crippen LogP contribution in [0.3, 0.4) is 0 Å². The number of ketones is 1. The Morgan fingerprint density at radius 3 is 2.77 bits per heavy atom. The Morgan fingerprint density at radius 1 is 1.19 bits per heavy atom. The van der Waals surface area contributed by atoms with Crippen molar-refractivity contribution in [3.63, 3.8) is 0 Å². The Balaban J connectivity index is 1.45. The molecular weight excluding hydrogens is 412 g/mol. The second kappa shape index (κ2) is 8.91. The first-order valence-electron chi connectivity index (χ1n) is 9.97. The van der Waals surface area contributed by atoms with E-state index in [0.29, 0.717) is 22.9 Å². The molecule has 0 radical (unpaired) electrons. The maximum atomic E-state index is 12.6. The molecule has 4 rings (SSSR count). The largest absolute Gasteiger partial charge is 0.493 e. The van der Waals surface area contributed by atoms with Crippen molar-refractivity contribution < 1.29 is 19.4 Å². The van der Waals surface area contributed by atoms with E-state index < -0.39 is 6.10 Å². The van der Waals surface area contributed by atoms with E-state index in [1.54, 1.807) is 42.8 Å². The summed E-state index contributed by atoms with van der Waals surface area (Å²) in [6, 6.07) is 11.3. The summed E-state index contributed by atoms with van der Waals surface area (Å²) in [5, 5.41) is 13.8. The first kappa shape index (κ1) is 21.1. The van der Waals surface area contributed by atoms with Crippen LogP contribution >= 0.6 is 11.3 Å². The van der Waals surface area contributed by atoms with Crippen LogP contribution in [0.2, 0.25) is 0 Å². The lowest BCUT2D eigenvalue weighted by Crippen LogP contribution is -2.06. The summed E-state index contributed by atoms with van der Waals surface area (Å²) in [7, 11) is 3.08. The number of aliphatic hydroxyl groups is 1. The van der Waals surface area contributed by atoms with Gasteiger partial charge in [0.2, 0.25) is 0 Å². The smallest absolute Gasteiger partial charge is 0.163 e. The van der Waals surface area contributed by atoms with Crippen LogP contribution in [0.25, 0.3) is 21.3 Å². The number of methoxy groups -OCH3 is 2. The van der Waals surface area contributed by atoms with Crippen LogP contribution in [-0.4, -0.2) is 35.1 Å². The highest BCUT2D eigenvalue weighted by molar-refractivity contribution is 7.18. The van der Waals surface area contributed by atoms with Gasteiger partial charge in [-0.3, -0.25) is 4.79 Å². The summed E-state index contributed by atoms with van der Waals surface area (Å²) in [6.45, 7) is 2.10. The molecule has 0 saturated heterocycles. The van der Waals surface area contributed by atoms with Gasteiger partial charge in [-0.25, -0.2) is 4.98 Å². The summed E-state index contributed by atoms with van der Waals surface area (Å²) >= 11 is 1.70. The molecule has 0 fully saturated rings. The third kappa shape index (κ3) is 4.19. The van der Waals surface area contributed by atoms with E-state index in [0.717, 1.165) is 11.3 Å². The molecule has 2 heterocycles. The van der Waals surface area contributed by atoms with E-state index in [4.69, 9.17) is 9.47 Å². The Kier molecular flexibility index (Phi) is 6.06. The maximum absolute atomic E-state index is 12.6. The van der Waals surface area contributed by atoms with E-state index in [-0.39, 0.29) is 18.6 Å². The minimum absolute atomic E-state index is 0.0777. The molecular formula is C24H24N2O4S. The molecule has 0 amide bonds. The standard InChI is InChI=1S/C24H24N2O4S/c1-14-5-4-6-16-17(13-31-23(14)16)18-12-25-24(26-18)20(28)9-8-19(27)15-7-10-21(29-2)22(11-15)30-3/h4-7,10-13,20,28H,8-9H2,1-3H3,(H,25,26). The Hall–Kier alpha value is -3.16. The highest BCUT2D eigenvalue weighted by Crippen LogP contribution is 2.35. The van der Waals surface area contributed by atoms with Crippen molar-refractivity contribution in [1.29, 1.82) is 0 Å². The molecule has 7 heteroatoms. The molecule has 1 unspecified atom stereocenters. The van der Waals surface area contributed by atoms with Gasteiger partial charge in [0.15, 0.2) is 17.3 Å². The van der Waals surface area contributed by atoms with Crippen LogP contribution in [0, 0.1) is 6.92 Å². The molecule has 4 aromatic rings. The Labute approximate surface area is 184 Å². The summed E-state index contributed by atoms with van der Waals surface area (Å²) in [5.41, 5.74) is 3.68. The van der Waals surface area contributed by atoms with Gasteiger partial charge >= 0.3 is 0 Å². The zero-order chi connectivity index (χ0) is 22.0. The number of nitrogens with zero attached hydrogens (tertiary/aromatic N) is 1. The molecule has 1 atom stereocenters. The predicted octanol–water partition coefficient (Wildman–Crippen LogP) is 5.31. The number of benzene rings is 2. The SMILES string of the molecule is COc1ccc(C(=O)CCC(O)c2ncc(-c3csc4c(C)cccc34)[nH]2)cc1OC. The molecule has 31 heavy (non-hydrogen) atoms. The monoisotopic (exact) mass is 436 g/mol. The second-order valence-corrected chi connectivity index (χ2v) is 8.21. The summed E-state index contributed by atoms with van der Waals surface area (Å²) in [5.74, 6) is 1.45. The average molecular weight is 437 g/mol. The fourth-order valence-corrected chi connectivity index (χ4v) is 4.66. The van der Waals surface area contributed by atoms with Gasteiger partial charge in [0.25, 0.3) is 0 Å². The quantitative estimate of drug-likeness (QED) is 0.366. The van der Waals surface area contributed by atoms with E-state index in [2.05, 4.69) is 34.4 Å². The van der Waals surface area contributed by atoms with Gasteiger partial charge in [-0.05, 0) is 37.1 Å². The summed E-state index contributed by atoms with van der Waals surface area (Å²) in [6.07, 6.45) is 1.33. The van der Waals surface area contributed by atoms with E-state index in [9.17, 15) is 9.90 Å². The molecule has 0 aliphatic carbocycles. The number of aromatic nitrogens is 2. The van der Waals surface area contributed by atoms with Crippen molar-refractivity contribution in [2.45, 2.75) is 25.9 Å². The third-order valence-electron chi connectivity index (χ3n) is 5.35. The zero-order valence-corrected chi connectivity index (χ0v) is 18.5. The molecule has 0 aliphatic heterocycles. The predicted molar refractivity (Wildman–Crippen MR) is 122 cm³/mol. The van der Waals surface area contributed by atoms with Gasteiger partial charge in [-0.2, -0.15) is 0 Å². The Morgan fingerprint density at radius 2 is 2.00 bits per heavy atom. The fourth-order valence-electron chi connectivity index (χ4n) is 3.61. The van der Waals surface area contributed by atoms with E-state index in [1.807, 2.05) is 6.07 Å². The van der Waals surface area contributed by atoms with Crippen LogP contribution in [0.15, 0.2) is 48.0 Å². The molecule has 0 spiro atoms. The first-order chi connectivity index (χ1) is 15.0. The van der Waals surface area contributed by atoms with Gasteiger partial charge in [-0.1, -0.05) is 18.2 Å². The molecule has 0 aliphatic rings. The maximum Gasteiger partial charge on any atom is 0.163 e. The minimum Gasteiger partial charge on any atom is -0.493 e. The van der Waals surface area contributed by atoms with Crippen molar-refractivity contribution in [2.24, 2.45) is 0 Å². The third-order valence-corrected chi connectivity index (χ3v) is 6.48. The summed E-state index contributed by atoms with van der Waals surface area (Å²) < 4.78 is 11.7. The molecule has 2 aromatic heterocycles. The minimum atomic E-state index is -0.857. The number of Topliss-reactive ketones (excluding diaryl/α,β-unsaturated/α-hetero) is 1. The highest BCUT2D eigenvalue weighted by Gasteiger charge is 2.18. The van der Waals surface area contributed by atoms with Crippen LogP contribution in [-0.2, 0) is 0 Å². The number of H-pyrrole nitrogens is 1. The number of carbonyl (C=O) groups is 1. The number of nitrogens with one attached hydrogen (secondary N) is 1. The van der Waals surface area contributed by atoms with Crippen molar-refractivity contribution >= 4 is 27.2 Å². The molecule has 6 nitrogen and oxygen atoms in total. The van der Waals surface area contributed by atoms with Gasteiger partial charge < -0.3 is 19.6 Å². The van der Waals surface area contributed by atoms with Crippen molar-refractivity contribution in [1.82, 2.24) is 9.97 Å². The molecule has 160 valence electrons. The van der Waals surface area contributed by atoms with Crippen molar-refractivity contribution in [3.8, 4) is 22.8 Å². The molecule has 2 N–H and O–H groups in total. The van der Waals surface area contributed by atoms with Gasteiger partial charge in [0.1, 0.15) is 11.9 Å². The van der Waals surface area contributed by atoms with E-state index in [1.165, 1.54) is 22.8 Å². The lowest BCUT2D eigenvalue weighted by atomic mass is 10.0. The van der Waals surface area contributed by atoms with Crippen molar-refractivity contribution in [3.05, 3.63) is 64.9 Å². The Bertz CT molecular complexity index is 1230. The topological polar surface area (TPSA) is 84.4 Å². The number of hydrogen-bond donors (Lipinski definition) is 2. The van der Waals surface area contributed by atoms with Gasteiger partial charge in [0.05, 0.1) is 26.1 Å². The number of thiophene rings is 1. The first-order valence-corrected chi connectivity index (χ1v) is 10.8. The van der Waals surface area contributed by atoms with Crippen LogP contribution < -0.4 is 9.47 Å². The molecule has 0 bridgehead atoms. The van der Waals surface area contributed by atoms with Crippen LogP contribution in [0.1, 0.15) is 40.7 Å². The van der Waals surface area contributed by atoms with Crippen LogP contribution in [0.4, 0.5) is 0 Å². The lowest BCUT2D eigenvalue weighted by molar-refractivity contribution is 0.0934. The number of hydrogen-bond acceptors (Lipinski definition) is 6. The number of ether oxygens (including phenoxy) is 2. The lowest BCUT2D eigenvalue weighted by Gasteiger charge is -2.10. The number of rotatable bonds is 8. The number of imidazole rings is 1. The fraction of sp³-hybridized carbons (Fsp3) is 0.250. The molecule has 2 aromatic carbocycles. The van der Waals surface area contributed by atoms with Crippen LogP contribution in [0.5, 0.6) is 11.5 Å². The second-order valence-electron chi connectivity index (χ2n) is 7.33. The average Bonchev–Trinajstić information content (AvgIpc) is 3.44. The van der Waals surface area contributed by atoms with Gasteiger partial charge in [0, 0.05) is 33.0 Å². The number of carbonyl (C=O) groups excluding carboxylic acids is 1. The number of aromatic amines is 1. The number of aryl methyl sites for hydroxylation is 1. The van der Waals surface area contributed by atoms with E-state index >= 15 is 0 Å². The van der Waals surface area contributed by atoms with Crippen molar-refractivity contribution in [2.75, 3.05) is 14.2 Å². The zero-order valence-electron chi connectivity index (χ0n) is 17.6. The molecule has 0 saturated carbocycles. The summed E-state index contributed by atoms with van der Waals surface area (Å²) in [4.78, 5) is 20.2. The number of aliphatic hydroxyl groups excluding tert-OH is 1. The van der Waals surface area contributed by atoms with Gasteiger partial charge in [-0.15, -0.1) is 11.3 Å².